The number of anilines is 1. The topological polar surface area (TPSA) is 94.3 Å². The normalized spacial score (nSPS) is 12.5. The lowest BCUT2D eigenvalue weighted by Gasteiger charge is -2.39. The van der Waals surface area contributed by atoms with Crippen molar-refractivity contribution in [3.05, 3.63) is 34.4 Å². The van der Waals surface area contributed by atoms with Crippen molar-refractivity contribution in [2.24, 2.45) is 5.10 Å². The maximum absolute atomic E-state index is 14.2. The summed E-state index contributed by atoms with van der Waals surface area (Å²) in [7, 11) is 0.535. The second-order valence-electron chi connectivity index (χ2n) is 6.04. The average molecular weight is 398 g/mol. The lowest BCUT2D eigenvalue weighted by molar-refractivity contribution is -0.384. The first-order chi connectivity index (χ1) is 12.8. The van der Waals surface area contributed by atoms with Gasteiger partial charge in [-0.15, -0.1) is 0 Å². The van der Waals surface area contributed by atoms with Crippen molar-refractivity contribution in [1.82, 2.24) is 14.2 Å². The third kappa shape index (κ3) is 5.28. The van der Waals surface area contributed by atoms with Crippen molar-refractivity contribution in [3.63, 3.8) is 0 Å². The van der Waals surface area contributed by atoms with Crippen LogP contribution in [0.25, 0.3) is 0 Å². The van der Waals surface area contributed by atoms with Crippen molar-refractivity contribution in [2.45, 2.75) is 27.7 Å². The smallest absolute Gasteiger partial charge is 0.281 e. The fourth-order valence-electron chi connectivity index (χ4n) is 2.84. The Morgan fingerprint density at radius 1 is 1.04 bits per heavy atom. The fourth-order valence-corrected chi connectivity index (χ4v) is 5.94. The van der Waals surface area contributed by atoms with E-state index in [4.69, 9.17) is 0 Å². The third-order valence-electron chi connectivity index (χ3n) is 4.25. The molecule has 0 atom stereocenters. The van der Waals surface area contributed by atoms with Crippen LogP contribution in [0.4, 0.5) is 11.4 Å². The Kier molecular flexibility index (Phi) is 8.88. The van der Waals surface area contributed by atoms with Gasteiger partial charge in [0.05, 0.1) is 10.6 Å². The molecule has 1 aromatic carbocycles. The van der Waals surface area contributed by atoms with E-state index >= 15 is 0 Å². The van der Waals surface area contributed by atoms with Crippen LogP contribution in [0.15, 0.2) is 29.4 Å². The van der Waals surface area contributed by atoms with Crippen LogP contribution in [-0.2, 0) is 4.57 Å². The van der Waals surface area contributed by atoms with E-state index in [-0.39, 0.29) is 5.69 Å². The highest BCUT2D eigenvalue weighted by Gasteiger charge is 2.41. The highest BCUT2D eigenvalue weighted by atomic mass is 31.2. The molecule has 0 saturated carbocycles. The van der Waals surface area contributed by atoms with Gasteiger partial charge in [-0.2, -0.15) is 5.10 Å². The Hall–Kier alpha value is -1.96. The molecule has 0 aromatic heterocycles. The van der Waals surface area contributed by atoms with Crippen molar-refractivity contribution < 1.29 is 9.49 Å². The first kappa shape index (κ1) is 23.1. The predicted octanol–water partition coefficient (Wildman–Crippen LogP) is 3.72. The molecule has 10 heteroatoms. The van der Waals surface area contributed by atoms with E-state index in [2.05, 4.69) is 10.5 Å². The van der Waals surface area contributed by atoms with Gasteiger partial charge in [0.25, 0.3) is 13.1 Å². The number of hydrazone groups is 1. The van der Waals surface area contributed by atoms with Crippen LogP contribution in [0.2, 0.25) is 0 Å². The second kappa shape index (κ2) is 10.4. The van der Waals surface area contributed by atoms with Gasteiger partial charge in [0.1, 0.15) is 0 Å². The zero-order valence-electron chi connectivity index (χ0n) is 17.0. The van der Waals surface area contributed by atoms with Crippen LogP contribution in [0.1, 0.15) is 27.7 Å². The minimum atomic E-state index is -3.10. The first-order valence-corrected chi connectivity index (χ1v) is 10.7. The van der Waals surface area contributed by atoms with Gasteiger partial charge < -0.3 is 4.90 Å². The summed E-state index contributed by atoms with van der Waals surface area (Å²) < 4.78 is 18.1. The van der Waals surface area contributed by atoms with Crippen LogP contribution >= 0.6 is 7.44 Å². The molecule has 27 heavy (non-hydrogen) atoms. The molecule has 0 unspecified atom stereocenters. The summed E-state index contributed by atoms with van der Waals surface area (Å²) in [6, 6.07) is 5.96. The Balaban J connectivity index is 3.33. The highest BCUT2D eigenvalue weighted by molar-refractivity contribution is 7.76. The minimum Gasteiger partial charge on any atom is -0.356 e. The molecule has 0 amide bonds. The Labute approximate surface area is 161 Å². The average Bonchev–Trinajstić information content (AvgIpc) is 2.63. The number of nitrogens with one attached hydrogen (secondary N) is 1. The molecule has 0 aliphatic rings. The summed E-state index contributed by atoms with van der Waals surface area (Å²) in [5.74, 6) is 0. The SMILES string of the molecule is CCN(CC)P(=O)(/C(=N/Nc1ccc([N+](=O)[O-])cc1)N(C)C)N(CC)CC. The van der Waals surface area contributed by atoms with Crippen LogP contribution < -0.4 is 5.43 Å². The molecule has 1 aromatic rings. The molecule has 152 valence electrons. The van der Waals surface area contributed by atoms with E-state index in [9.17, 15) is 14.7 Å². The van der Waals surface area contributed by atoms with E-state index in [0.29, 0.717) is 37.4 Å². The molecule has 1 N–H and O–H groups in total. The largest absolute Gasteiger partial charge is 0.356 e. The summed E-state index contributed by atoms with van der Waals surface area (Å²) in [5.41, 5.74) is 3.94. The summed E-state index contributed by atoms with van der Waals surface area (Å²) in [5, 5.41) is 15.2. The van der Waals surface area contributed by atoms with Crippen LogP contribution in [-0.4, -0.2) is 65.0 Å². The predicted molar refractivity (Wildman–Crippen MR) is 111 cm³/mol. The maximum Gasteiger partial charge on any atom is 0.281 e. The number of hydrogen-bond acceptors (Lipinski definition) is 5. The molecule has 0 bridgehead atoms. The van der Waals surface area contributed by atoms with Crippen molar-refractivity contribution in [3.8, 4) is 0 Å². The van der Waals surface area contributed by atoms with Gasteiger partial charge in [-0.1, -0.05) is 27.7 Å². The Morgan fingerprint density at radius 2 is 1.48 bits per heavy atom. The van der Waals surface area contributed by atoms with E-state index in [1.54, 1.807) is 17.0 Å². The summed E-state index contributed by atoms with van der Waals surface area (Å²) in [6.07, 6.45) is 0. The summed E-state index contributed by atoms with van der Waals surface area (Å²) in [6.45, 7) is 10.5. The van der Waals surface area contributed by atoms with Gasteiger partial charge >= 0.3 is 0 Å². The summed E-state index contributed by atoms with van der Waals surface area (Å²) in [4.78, 5) is 12.1. The van der Waals surface area contributed by atoms with Crippen molar-refractivity contribution in [2.75, 3.05) is 45.7 Å². The van der Waals surface area contributed by atoms with Crippen LogP contribution in [0.3, 0.4) is 0 Å². The molecule has 0 radical (unpaired) electrons. The number of benzene rings is 1. The first-order valence-electron chi connectivity index (χ1n) is 9.12. The zero-order chi connectivity index (χ0) is 20.6. The number of non-ortho nitro benzene ring substituents is 1. The number of nitro benzene ring substituents is 1. The second-order valence-corrected chi connectivity index (χ2v) is 8.66. The summed E-state index contributed by atoms with van der Waals surface area (Å²) >= 11 is 0. The molecule has 0 spiro atoms. The molecular weight excluding hydrogens is 367 g/mol. The standard InChI is InChI=1S/C17H31N6O3P/c1-7-21(8-2)27(26,22(9-3)10-4)17(20(5)6)19-18-15-11-13-16(14-12-15)23(24)25/h11-14,18H,7-10H2,1-6H3/b19-17+. The molecule has 9 nitrogen and oxygen atoms in total. The Bertz CT molecular complexity index is 668. The van der Waals surface area contributed by atoms with E-state index in [0.717, 1.165) is 0 Å². The molecule has 0 heterocycles. The van der Waals surface area contributed by atoms with Gasteiger partial charge in [-0.25, -0.2) is 9.34 Å². The lowest BCUT2D eigenvalue weighted by Crippen LogP contribution is -2.40. The number of nitrogens with zero attached hydrogens (tertiary/aromatic N) is 5. The number of nitro groups is 1. The molecular formula is C17H31N6O3P. The van der Waals surface area contributed by atoms with Crippen molar-refractivity contribution in [1.29, 1.82) is 0 Å². The number of rotatable bonds is 10. The fraction of sp³-hybridized carbons (Fsp3) is 0.588. The molecule has 0 saturated heterocycles. The zero-order valence-corrected chi connectivity index (χ0v) is 17.9. The van der Waals surface area contributed by atoms with Crippen LogP contribution in [0.5, 0.6) is 0 Å². The lowest BCUT2D eigenvalue weighted by atomic mass is 10.3. The molecule has 0 aliphatic heterocycles. The van der Waals surface area contributed by atoms with E-state index in [1.165, 1.54) is 12.1 Å². The van der Waals surface area contributed by atoms with Gasteiger partial charge in [0, 0.05) is 52.4 Å². The van der Waals surface area contributed by atoms with Crippen molar-refractivity contribution >= 4 is 24.4 Å². The number of hydrogen-bond donors (Lipinski definition) is 1. The molecule has 1 rings (SSSR count). The van der Waals surface area contributed by atoms with Gasteiger partial charge in [0.2, 0.25) is 5.58 Å². The van der Waals surface area contributed by atoms with Gasteiger partial charge in [-0.3, -0.25) is 20.1 Å². The monoisotopic (exact) mass is 398 g/mol. The Morgan fingerprint density at radius 3 is 1.81 bits per heavy atom. The highest BCUT2D eigenvalue weighted by Crippen LogP contribution is 2.54. The van der Waals surface area contributed by atoms with Gasteiger partial charge in [0.15, 0.2) is 0 Å². The quantitative estimate of drug-likeness (QED) is 0.211. The molecule has 0 aliphatic carbocycles. The van der Waals surface area contributed by atoms with E-state index < -0.39 is 12.4 Å². The maximum atomic E-state index is 14.2. The molecule has 0 fully saturated rings. The van der Waals surface area contributed by atoms with Gasteiger partial charge in [-0.05, 0) is 12.1 Å². The van der Waals surface area contributed by atoms with E-state index in [1.807, 2.05) is 51.1 Å². The number of amidine groups is 1. The third-order valence-corrected chi connectivity index (χ3v) is 7.94. The minimum absolute atomic E-state index is 0.00863. The van der Waals surface area contributed by atoms with Crippen LogP contribution in [0, 0.1) is 10.1 Å².